The molecule has 0 spiro atoms. The molecule has 0 atom stereocenters. The van der Waals surface area contributed by atoms with Gasteiger partial charge in [0, 0.05) is 11.0 Å². The van der Waals surface area contributed by atoms with Crippen LogP contribution in [0.25, 0.3) is 0 Å². The highest BCUT2D eigenvalue weighted by atomic mass is 31.2. The number of rotatable bonds is 4. The monoisotopic (exact) mass is 348 g/mol. The molecule has 2 aromatic rings. The summed E-state index contributed by atoms with van der Waals surface area (Å²) < 4.78 is 16.2. The normalized spacial score (nSPS) is 13.0. The van der Waals surface area contributed by atoms with Crippen LogP contribution >= 0.6 is 7.82 Å². The molecule has 130 valence electrons. The second kappa shape index (κ2) is 6.36. The summed E-state index contributed by atoms with van der Waals surface area (Å²) in [6.07, 6.45) is 0. The second-order valence-corrected chi connectivity index (χ2v) is 8.70. The van der Waals surface area contributed by atoms with Gasteiger partial charge >= 0.3 is 7.82 Å². The van der Waals surface area contributed by atoms with Gasteiger partial charge in [0.2, 0.25) is 0 Å². The van der Waals surface area contributed by atoms with Crippen molar-refractivity contribution in [2.24, 2.45) is 0 Å². The highest BCUT2D eigenvalue weighted by Gasteiger charge is 2.29. The average molecular weight is 348 g/mol. The SMILES string of the molecule is CC(C)(C)c1cc(C(C)(C)c2ccccc2)ccc1OP(=O)(O)O. The zero-order valence-electron chi connectivity index (χ0n) is 14.8. The summed E-state index contributed by atoms with van der Waals surface area (Å²) in [5, 5.41) is 0. The molecular formula is C19H25O4P. The molecule has 2 rings (SSSR count). The van der Waals surface area contributed by atoms with Crippen LogP contribution in [-0.2, 0) is 15.4 Å². The summed E-state index contributed by atoms with van der Waals surface area (Å²) >= 11 is 0. The number of phosphoric acid groups is 1. The van der Waals surface area contributed by atoms with E-state index < -0.39 is 7.82 Å². The molecule has 2 aromatic carbocycles. The van der Waals surface area contributed by atoms with E-state index in [1.807, 2.05) is 51.1 Å². The van der Waals surface area contributed by atoms with Crippen molar-refractivity contribution >= 4 is 7.82 Å². The van der Waals surface area contributed by atoms with Crippen LogP contribution in [0.1, 0.15) is 51.3 Å². The van der Waals surface area contributed by atoms with Crippen LogP contribution in [0.2, 0.25) is 0 Å². The first-order chi connectivity index (χ1) is 10.9. The Bertz CT molecular complexity index is 755. The maximum Gasteiger partial charge on any atom is 0.524 e. The molecule has 0 amide bonds. The van der Waals surface area contributed by atoms with E-state index in [4.69, 9.17) is 14.3 Å². The maximum absolute atomic E-state index is 11.3. The molecule has 24 heavy (non-hydrogen) atoms. The predicted octanol–water partition coefficient (Wildman–Crippen LogP) is 4.78. The van der Waals surface area contributed by atoms with E-state index >= 15 is 0 Å². The Kier molecular flexibility index (Phi) is 4.96. The third-order valence-electron chi connectivity index (χ3n) is 4.22. The molecule has 0 saturated heterocycles. The maximum atomic E-state index is 11.3. The molecule has 0 bridgehead atoms. The zero-order chi connectivity index (χ0) is 18.2. The fourth-order valence-corrected chi connectivity index (χ4v) is 3.15. The van der Waals surface area contributed by atoms with E-state index in [0.29, 0.717) is 0 Å². The lowest BCUT2D eigenvalue weighted by atomic mass is 9.75. The Morgan fingerprint density at radius 2 is 1.46 bits per heavy atom. The fraction of sp³-hybridized carbons (Fsp3) is 0.368. The van der Waals surface area contributed by atoms with Crippen molar-refractivity contribution in [2.45, 2.75) is 45.4 Å². The molecule has 0 aliphatic rings. The van der Waals surface area contributed by atoms with Crippen molar-refractivity contribution in [3.05, 3.63) is 65.2 Å². The van der Waals surface area contributed by atoms with Crippen LogP contribution < -0.4 is 4.52 Å². The van der Waals surface area contributed by atoms with Gasteiger partial charge in [0.1, 0.15) is 5.75 Å². The first kappa shape index (κ1) is 18.7. The molecular weight excluding hydrogens is 323 g/mol. The quantitative estimate of drug-likeness (QED) is 0.780. The second-order valence-electron chi connectivity index (χ2n) is 7.53. The van der Waals surface area contributed by atoms with E-state index in [9.17, 15) is 4.57 Å². The van der Waals surface area contributed by atoms with Crippen LogP contribution in [0, 0.1) is 0 Å². The van der Waals surface area contributed by atoms with Gasteiger partial charge in [-0.2, -0.15) is 0 Å². The molecule has 0 aliphatic carbocycles. The lowest BCUT2D eigenvalue weighted by Crippen LogP contribution is -2.21. The van der Waals surface area contributed by atoms with Crippen molar-refractivity contribution in [1.82, 2.24) is 0 Å². The molecule has 0 unspecified atom stereocenters. The molecule has 5 heteroatoms. The molecule has 4 nitrogen and oxygen atoms in total. The lowest BCUT2D eigenvalue weighted by molar-refractivity contribution is 0.281. The van der Waals surface area contributed by atoms with Crippen LogP contribution in [0.3, 0.4) is 0 Å². The summed E-state index contributed by atoms with van der Waals surface area (Å²) in [7, 11) is -4.60. The van der Waals surface area contributed by atoms with Gasteiger partial charge in [-0.05, 0) is 22.6 Å². The van der Waals surface area contributed by atoms with Gasteiger partial charge in [0.15, 0.2) is 0 Å². The van der Waals surface area contributed by atoms with Gasteiger partial charge in [0.25, 0.3) is 0 Å². The van der Waals surface area contributed by atoms with Crippen molar-refractivity contribution in [1.29, 1.82) is 0 Å². The summed E-state index contributed by atoms with van der Waals surface area (Å²) in [5.41, 5.74) is 2.47. The van der Waals surface area contributed by atoms with Gasteiger partial charge in [-0.15, -0.1) is 0 Å². The first-order valence-corrected chi connectivity index (χ1v) is 9.40. The Balaban J connectivity index is 2.56. The molecule has 0 heterocycles. The molecule has 2 N–H and O–H groups in total. The highest BCUT2D eigenvalue weighted by Crippen LogP contribution is 2.44. The first-order valence-electron chi connectivity index (χ1n) is 7.87. The third kappa shape index (κ3) is 4.27. The van der Waals surface area contributed by atoms with E-state index in [1.165, 1.54) is 5.56 Å². The zero-order valence-corrected chi connectivity index (χ0v) is 15.7. The fourth-order valence-electron chi connectivity index (χ4n) is 2.73. The van der Waals surface area contributed by atoms with Crippen LogP contribution in [-0.4, -0.2) is 9.79 Å². The van der Waals surface area contributed by atoms with Crippen molar-refractivity contribution in [2.75, 3.05) is 0 Å². The Hall–Kier alpha value is -1.61. The molecule has 0 fully saturated rings. The smallest absolute Gasteiger partial charge is 0.404 e. The van der Waals surface area contributed by atoms with Crippen LogP contribution in [0.4, 0.5) is 0 Å². The standard InChI is InChI=1S/C19H25O4P/c1-18(2,3)16-13-15(11-12-17(16)23-24(20,21)22)19(4,5)14-9-7-6-8-10-14/h6-13H,1-5H3,(H2,20,21,22). The Morgan fingerprint density at radius 1 is 0.875 bits per heavy atom. The Labute approximate surface area is 143 Å². The number of hydrogen-bond donors (Lipinski definition) is 2. The van der Waals surface area contributed by atoms with Gasteiger partial charge in [-0.1, -0.05) is 77.1 Å². The van der Waals surface area contributed by atoms with Crippen LogP contribution in [0.5, 0.6) is 5.75 Å². The third-order valence-corrected chi connectivity index (χ3v) is 4.66. The average Bonchev–Trinajstić information content (AvgIpc) is 2.45. The van der Waals surface area contributed by atoms with Gasteiger partial charge < -0.3 is 4.52 Å². The minimum atomic E-state index is -4.60. The lowest BCUT2D eigenvalue weighted by Gasteiger charge is -2.30. The van der Waals surface area contributed by atoms with E-state index in [0.717, 1.165) is 11.1 Å². The van der Waals surface area contributed by atoms with E-state index in [1.54, 1.807) is 6.07 Å². The van der Waals surface area contributed by atoms with E-state index in [-0.39, 0.29) is 16.6 Å². The van der Waals surface area contributed by atoms with Crippen LogP contribution in [0.15, 0.2) is 48.5 Å². The van der Waals surface area contributed by atoms with Gasteiger partial charge in [-0.25, -0.2) is 4.57 Å². The molecule has 0 saturated carbocycles. The molecule has 0 radical (unpaired) electrons. The molecule has 0 aliphatic heterocycles. The number of benzene rings is 2. The Morgan fingerprint density at radius 3 is 1.96 bits per heavy atom. The summed E-state index contributed by atoms with van der Waals surface area (Å²) in [4.78, 5) is 18.3. The topological polar surface area (TPSA) is 66.8 Å². The predicted molar refractivity (Wildman–Crippen MR) is 96.4 cm³/mol. The largest absolute Gasteiger partial charge is 0.524 e. The van der Waals surface area contributed by atoms with Crippen molar-refractivity contribution < 1.29 is 18.9 Å². The van der Waals surface area contributed by atoms with Crippen molar-refractivity contribution in [3.8, 4) is 5.75 Å². The number of phosphoric ester groups is 1. The highest BCUT2D eigenvalue weighted by molar-refractivity contribution is 7.46. The summed E-state index contributed by atoms with van der Waals surface area (Å²) in [5.74, 6) is 0.225. The number of hydrogen-bond acceptors (Lipinski definition) is 2. The minimum Gasteiger partial charge on any atom is -0.404 e. The van der Waals surface area contributed by atoms with Crippen molar-refractivity contribution in [3.63, 3.8) is 0 Å². The van der Waals surface area contributed by atoms with Gasteiger partial charge in [0.05, 0.1) is 0 Å². The molecule has 0 aromatic heterocycles. The minimum absolute atomic E-state index is 0.225. The van der Waals surface area contributed by atoms with E-state index in [2.05, 4.69) is 26.0 Å². The summed E-state index contributed by atoms with van der Waals surface area (Å²) in [6.45, 7) is 10.2. The summed E-state index contributed by atoms with van der Waals surface area (Å²) in [6, 6.07) is 15.7. The van der Waals surface area contributed by atoms with Gasteiger partial charge in [-0.3, -0.25) is 9.79 Å².